The molecule has 0 radical (unpaired) electrons. The first-order valence-corrected chi connectivity index (χ1v) is 10.8. The Labute approximate surface area is 183 Å². The Morgan fingerprint density at radius 3 is 2.06 bits per heavy atom. The molecule has 3 rings (SSSR count). The predicted molar refractivity (Wildman–Crippen MR) is 119 cm³/mol. The number of carboxylic acid groups (broad SMARTS) is 1. The van der Waals surface area contributed by atoms with Crippen LogP contribution in [0.15, 0.2) is 48.5 Å². The Bertz CT molecular complexity index is 896. The van der Waals surface area contributed by atoms with Crippen molar-refractivity contribution in [3.63, 3.8) is 0 Å². The number of benzene rings is 2. The standard InChI is InChI=1S/C25H31FN2O3/c1-25(2,3)20-8-4-19(5-9-20)24(31)28-16-14-27(15-17-28)22(12-13-23(29)30)18-6-10-21(26)11-7-18/h4-11,22H,12-17H2,1-3H3,(H,29,30)/t22-/m1/s1. The Kier molecular flexibility index (Phi) is 7.11. The van der Waals surface area contributed by atoms with Gasteiger partial charge in [-0.05, 0) is 47.2 Å². The van der Waals surface area contributed by atoms with Gasteiger partial charge in [-0.3, -0.25) is 14.5 Å². The molecule has 1 aliphatic rings. The van der Waals surface area contributed by atoms with Crippen molar-refractivity contribution in [1.29, 1.82) is 0 Å². The number of halogens is 1. The SMILES string of the molecule is CC(C)(C)c1ccc(C(=O)N2CCN([C@H](CCC(=O)O)c3ccc(F)cc3)CC2)cc1. The second-order valence-corrected chi connectivity index (χ2v) is 9.16. The van der Waals surface area contributed by atoms with Crippen LogP contribution in [0.5, 0.6) is 0 Å². The highest BCUT2D eigenvalue weighted by Crippen LogP contribution is 2.28. The minimum Gasteiger partial charge on any atom is -0.481 e. The molecule has 2 aromatic carbocycles. The van der Waals surface area contributed by atoms with Gasteiger partial charge in [0.1, 0.15) is 5.82 Å². The highest BCUT2D eigenvalue weighted by molar-refractivity contribution is 5.94. The molecule has 0 saturated carbocycles. The second-order valence-electron chi connectivity index (χ2n) is 9.16. The fourth-order valence-corrected chi connectivity index (χ4v) is 4.04. The molecule has 0 spiro atoms. The number of carbonyl (C=O) groups is 2. The van der Waals surface area contributed by atoms with Crippen LogP contribution in [-0.4, -0.2) is 53.0 Å². The zero-order valence-electron chi connectivity index (χ0n) is 18.5. The summed E-state index contributed by atoms with van der Waals surface area (Å²) in [6.45, 7) is 8.87. The number of carboxylic acids is 1. The van der Waals surface area contributed by atoms with Crippen molar-refractivity contribution in [2.45, 2.75) is 45.1 Å². The lowest BCUT2D eigenvalue weighted by atomic mass is 9.86. The molecule has 6 heteroatoms. The summed E-state index contributed by atoms with van der Waals surface area (Å²) in [6.07, 6.45) is 0.491. The van der Waals surface area contributed by atoms with E-state index >= 15 is 0 Å². The molecule has 1 fully saturated rings. The number of nitrogens with zero attached hydrogens (tertiary/aromatic N) is 2. The monoisotopic (exact) mass is 426 g/mol. The highest BCUT2D eigenvalue weighted by atomic mass is 19.1. The first kappa shape index (κ1) is 22.9. The van der Waals surface area contributed by atoms with E-state index in [2.05, 4.69) is 25.7 Å². The number of rotatable bonds is 6. The van der Waals surface area contributed by atoms with Crippen LogP contribution >= 0.6 is 0 Å². The van der Waals surface area contributed by atoms with Crippen LogP contribution in [-0.2, 0) is 10.2 Å². The Balaban J connectivity index is 1.66. The summed E-state index contributed by atoms with van der Waals surface area (Å²) >= 11 is 0. The van der Waals surface area contributed by atoms with E-state index in [9.17, 15) is 14.0 Å². The molecule has 0 unspecified atom stereocenters. The van der Waals surface area contributed by atoms with Crippen molar-refractivity contribution in [2.24, 2.45) is 0 Å². The predicted octanol–water partition coefficient (Wildman–Crippen LogP) is 4.49. The number of aliphatic carboxylic acids is 1. The molecule has 0 aliphatic carbocycles. The summed E-state index contributed by atoms with van der Waals surface area (Å²) < 4.78 is 13.3. The minimum atomic E-state index is -0.848. The molecule has 2 aromatic rings. The van der Waals surface area contributed by atoms with Gasteiger partial charge in [-0.15, -0.1) is 0 Å². The van der Waals surface area contributed by atoms with Crippen molar-refractivity contribution < 1.29 is 19.1 Å². The fourth-order valence-electron chi connectivity index (χ4n) is 4.04. The van der Waals surface area contributed by atoms with Crippen LogP contribution in [0.3, 0.4) is 0 Å². The molecule has 1 atom stereocenters. The van der Waals surface area contributed by atoms with Crippen molar-refractivity contribution in [1.82, 2.24) is 9.80 Å². The summed E-state index contributed by atoms with van der Waals surface area (Å²) in [4.78, 5) is 28.1. The summed E-state index contributed by atoms with van der Waals surface area (Å²) in [5.41, 5.74) is 2.82. The average molecular weight is 427 g/mol. The molecular weight excluding hydrogens is 395 g/mol. The van der Waals surface area contributed by atoms with Gasteiger partial charge >= 0.3 is 5.97 Å². The third kappa shape index (κ3) is 5.91. The highest BCUT2D eigenvalue weighted by Gasteiger charge is 2.28. The van der Waals surface area contributed by atoms with E-state index in [1.165, 1.54) is 17.7 Å². The van der Waals surface area contributed by atoms with E-state index in [-0.39, 0.29) is 29.6 Å². The summed E-state index contributed by atoms with van der Waals surface area (Å²) in [6, 6.07) is 14.0. The van der Waals surface area contributed by atoms with E-state index in [0.717, 1.165) is 5.56 Å². The smallest absolute Gasteiger partial charge is 0.303 e. The second kappa shape index (κ2) is 9.60. The Morgan fingerprint density at radius 2 is 1.55 bits per heavy atom. The molecule has 1 amide bonds. The molecular formula is C25H31FN2O3. The van der Waals surface area contributed by atoms with Crippen LogP contribution in [0.25, 0.3) is 0 Å². The first-order chi connectivity index (χ1) is 14.6. The van der Waals surface area contributed by atoms with Gasteiger partial charge in [0.25, 0.3) is 5.91 Å². The lowest BCUT2D eigenvalue weighted by Gasteiger charge is -2.39. The largest absolute Gasteiger partial charge is 0.481 e. The van der Waals surface area contributed by atoms with E-state index < -0.39 is 5.97 Å². The van der Waals surface area contributed by atoms with Gasteiger partial charge in [-0.1, -0.05) is 45.0 Å². The van der Waals surface area contributed by atoms with Crippen LogP contribution in [0.1, 0.15) is 61.1 Å². The van der Waals surface area contributed by atoms with Crippen LogP contribution in [0.2, 0.25) is 0 Å². The van der Waals surface area contributed by atoms with Crippen LogP contribution in [0, 0.1) is 5.82 Å². The number of carbonyl (C=O) groups excluding carboxylic acids is 1. The molecule has 0 bridgehead atoms. The topological polar surface area (TPSA) is 60.9 Å². The third-order valence-electron chi connectivity index (χ3n) is 5.93. The molecule has 0 aromatic heterocycles. The Morgan fingerprint density at radius 1 is 0.968 bits per heavy atom. The molecule has 1 heterocycles. The van der Waals surface area contributed by atoms with E-state index in [4.69, 9.17) is 5.11 Å². The van der Waals surface area contributed by atoms with Crippen LogP contribution < -0.4 is 0 Å². The zero-order chi connectivity index (χ0) is 22.6. The quantitative estimate of drug-likeness (QED) is 0.740. The molecule has 1 aliphatic heterocycles. The van der Waals surface area contributed by atoms with E-state index in [0.29, 0.717) is 38.2 Å². The summed E-state index contributed by atoms with van der Waals surface area (Å²) in [7, 11) is 0. The van der Waals surface area contributed by atoms with Gasteiger partial charge in [-0.2, -0.15) is 0 Å². The maximum atomic E-state index is 13.3. The third-order valence-corrected chi connectivity index (χ3v) is 5.93. The molecule has 5 nitrogen and oxygen atoms in total. The van der Waals surface area contributed by atoms with Gasteiger partial charge in [0.15, 0.2) is 0 Å². The van der Waals surface area contributed by atoms with Gasteiger partial charge in [0.2, 0.25) is 0 Å². The molecule has 1 N–H and O–H groups in total. The van der Waals surface area contributed by atoms with Crippen LogP contribution in [0.4, 0.5) is 4.39 Å². The molecule has 1 saturated heterocycles. The molecule has 166 valence electrons. The van der Waals surface area contributed by atoms with Gasteiger partial charge in [0.05, 0.1) is 0 Å². The van der Waals surface area contributed by atoms with Gasteiger partial charge in [0, 0.05) is 44.2 Å². The summed E-state index contributed by atoms with van der Waals surface area (Å²) in [5.74, 6) is -1.14. The summed E-state index contributed by atoms with van der Waals surface area (Å²) in [5, 5.41) is 9.13. The van der Waals surface area contributed by atoms with Gasteiger partial charge in [-0.25, -0.2) is 4.39 Å². The first-order valence-electron chi connectivity index (χ1n) is 10.8. The van der Waals surface area contributed by atoms with E-state index in [1.807, 2.05) is 29.2 Å². The number of hydrogen-bond acceptors (Lipinski definition) is 3. The maximum Gasteiger partial charge on any atom is 0.303 e. The maximum absolute atomic E-state index is 13.3. The number of piperazine rings is 1. The minimum absolute atomic E-state index is 0.0176. The van der Waals surface area contributed by atoms with Crippen molar-refractivity contribution in [2.75, 3.05) is 26.2 Å². The number of hydrogen-bond donors (Lipinski definition) is 1. The van der Waals surface area contributed by atoms with E-state index in [1.54, 1.807) is 12.1 Å². The lowest BCUT2D eigenvalue weighted by Crippen LogP contribution is -2.49. The normalized spacial score (nSPS) is 16.2. The van der Waals surface area contributed by atoms with Gasteiger partial charge < -0.3 is 10.0 Å². The average Bonchev–Trinajstić information content (AvgIpc) is 2.74. The fraction of sp³-hybridized carbons (Fsp3) is 0.440. The lowest BCUT2D eigenvalue weighted by molar-refractivity contribution is -0.137. The number of amides is 1. The van der Waals surface area contributed by atoms with Crippen molar-refractivity contribution in [3.8, 4) is 0 Å². The molecule has 31 heavy (non-hydrogen) atoms. The zero-order valence-corrected chi connectivity index (χ0v) is 18.5. The van der Waals surface area contributed by atoms with Crippen molar-refractivity contribution in [3.05, 3.63) is 71.0 Å². The Hall–Kier alpha value is -2.73. The van der Waals surface area contributed by atoms with Crippen molar-refractivity contribution >= 4 is 11.9 Å².